The average molecular weight is 335 g/mol. The predicted octanol–water partition coefficient (Wildman–Crippen LogP) is 2.90. The van der Waals surface area contributed by atoms with Crippen LogP contribution in [0, 0.1) is 0 Å². The molecule has 1 rings (SSSR count). The first kappa shape index (κ1) is 20.3. The molecule has 0 aromatic rings. The Kier molecular flexibility index (Phi) is 16.2. The van der Waals surface area contributed by atoms with E-state index >= 15 is 0 Å². The molecule has 0 heterocycles. The zero-order valence-corrected chi connectivity index (χ0v) is 13.6. The molecule has 1 aliphatic carbocycles. The Balaban J connectivity index is -0.000000333. The molecule has 0 amide bonds. The van der Waals surface area contributed by atoms with Gasteiger partial charge in [-0.3, -0.25) is 0 Å². The molecular formula is C6H10Cl5SiTi. The van der Waals surface area contributed by atoms with Crippen molar-refractivity contribution in [2.45, 2.75) is 10.9 Å². The molecule has 0 aromatic carbocycles. The predicted molar refractivity (Wildman–Crippen MR) is 66.6 cm³/mol. The summed E-state index contributed by atoms with van der Waals surface area (Å²) in [7, 11) is -0.401. The van der Waals surface area contributed by atoms with Crippen molar-refractivity contribution < 1.29 is 20.4 Å². The topological polar surface area (TPSA) is 0 Å². The van der Waals surface area contributed by atoms with Crippen molar-refractivity contribution >= 4 is 69.9 Å². The van der Waals surface area contributed by atoms with Gasteiger partial charge in [-0.2, -0.15) is 0 Å². The molecule has 1 aliphatic rings. The Bertz CT molecular complexity index is 191. The summed E-state index contributed by atoms with van der Waals surface area (Å²) in [6, 6.07) is 0. The SMILES string of the molecule is Cl.Cl.Cl.ClC(Cl)[SiH2]C1=[C]([Ti])CC=C1. The summed E-state index contributed by atoms with van der Waals surface area (Å²) < 4.78 is 1.34. The summed E-state index contributed by atoms with van der Waals surface area (Å²) in [5.41, 5.74) is 0. The molecule has 0 aromatic heterocycles. The van der Waals surface area contributed by atoms with Crippen molar-refractivity contribution in [3.05, 3.63) is 21.2 Å². The molecule has 0 aliphatic heterocycles. The Morgan fingerprint density at radius 2 is 1.85 bits per heavy atom. The Morgan fingerprint density at radius 1 is 1.31 bits per heavy atom. The minimum absolute atomic E-state index is 0. The van der Waals surface area contributed by atoms with E-state index in [1.807, 2.05) is 0 Å². The van der Waals surface area contributed by atoms with Crippen LogP contribution in [0.25, 0.3) is 0 Å². The second kappa shape index (κ2) is 10.4. The zero-order chi connectivity index (χ0) is 7.56. The fraction of sp³-hybridized carbons (Fsp3) is 0.333. The Morgan fingerprint density at radius 3 is 2.15 bits per heavy atom. The van der Waals surface area contributed by atoms with Gasteiger partial charge in [0.05, 0.1) is 0 Å². The van der Waals surface area contributed by atoms with Crippen molar-refractivity contribution in [3.63, 3.8) is 0 Å². The number of hydrogen-bond acceptors (Lipinski definition) is 0. The van der Waals surface area contributed by atoms with Gasteiger partial charge in [0.25, 0.3) is 0 Å². The van der Waals surface area contributed by atoms with Crippen LogP contribution in [-0.4, -0.2) is 14.0 Å². The van der Waals surface area contributed by atoms with E-state index in [1.54, 1.807) is 0 Å². The fourth-order valence-electron chi connectivity index (χ4n) is 0.908. The Labute approximate surface area is 121 Å². The van der Waals surface area contributed by atoms with Crippen molar-refractivity contribution in [1.82, 2.24) is 0 Å². The molecule has 0 spiro atoms. The summed E-state index contributed by atoms with van der Waals surface area (Å²) in [4.78, 5) is 0. The van der Waals surface area contributed by atoms with E-state index in [-0.39, 0.29) is 41.7 Å². The maximum absolute atomic E-state index is 5.68. The standard InChI is InChI=1S/C6H7Cl2Si.3ClH.Ti/c7-6(8)9-5-3-1-2-4-5;;;;/h1,3,6H,2,9H2;3*1H;. The van der Waals surface area contributed by atoms with E-state index in [0.29, 0.717) is 0 Å². The van der Waals surface area contributed by atoms with Crippen LogP contribution in [0.15, 0.2) is 21.2 Å². The van der Waals surface area contributed by atoms with Gasteiger partial charge in [0, 0.05) is 0 Å². The van der Waals surface area contributed by atoms with Crippen molar-refractivity contribution in [2.24, 2.45) is 0 Å². The molecule has 0 saturated carbocycles. The van der Waals surface area contributed by atoms with E-state index in [2.05, 4.69) is 32.6 Å². The summed E-state index contributed by atoms with van der Waals surface area (Å²) >= 11 is 13.5. The molecule has 0 saturated heterocycles. The number of allylic oxidation sites excluding steroid dienone is 4. The molecule has 0 N–H and O–H groups in total. The molecule has 0 nitrogen and oxygen atoms in total. The van der Waals surface area contributed by atoms with Gasteiger partial charge in [-0.25, -0.2) is 0 Å². The van der Waals surface area contributed by atoms with E-state index in [9.17, 15) is 0 Å². The third-order valence-corrected chi connectivity index (χ3v) is 5.11. The molecule has 0 bridgehead atoms. The molecule has 13 heavy (non-hydrogen) atoms. The number of halogens is 5. The van der Waals surface area contributed by atoms with Gasteiger partial charge in [0.1, 0.15) is 0 Å². The normalized spacial score (nSPS) is 14.3. The maximum atomic E-state index is 5.68. The Hall–Kier alpha value is 1.86. The van der Waals surface area contributed by atoms with E-state index in [1.165, 1.54) is 9.07 Å². The second-order valence-corrected chi connectivity index (χ2v) is 7.45. The molecule has 0 fully saturated rings. The van der Waals surface area contributed by atoms with Gasteiger partial charge in [0.2, 0.25) is 0 Å². The molecule has 0 unspecified atom stereocenters. The molecule has 7 heteroatoms. The second-order valence-electron chi connectivity index (χ2n) is 2.21. The van der Waals surface area contributed by atoms with E-state index in [0.717, 1.165) is 6.42 Å². The van der Waals surface area contributed by atoms with Crippen LogP contribution in [0.2, 0.25) is 0 Å². The van der Waals surface area contributed by atoms with Crippen LogP contribution in [0.4, 0.5) is 0 Å². The monoisotopic (exact) mass is 333 g/mol. The average Bonchev–Trinajstić information content (AvgIpc) is 2.15. The van der Waals surface area contributed by atoms with Gasteiger partial charge >= 0.3 is 85.3 Å². The van der Waals surface area contributed by atoms with Crippen LogP contribution in [0.3, 0.4) is 0 Å². The third kappa shape index (κ3) is 7.75. The quantitative estimate of drug-likeness (QED) is 0.538. The van der Waals surface area contributed by atoms with Crippen LogP contribution in [0.1, 0.15) is 6.42 Å². The van der Waals surface area contributed by atoms with Gasteiger partial charge < -0.3 is 0 Å². The van der Waals surface area contributed by atoms with Crippen LogP contribution < -0.4 is 0 Å². The number of alkyl halides is 2. The van der Waals surface area contributed by atoms with Crippen molar-refractivity contribution in [3.8, 4) is 0 Å². The summed E-state index contributed by atoms with van der Waals surface area (Å²) in [5.74, 6) is 0. The molecular weight excluding hydrogens is 325 g/mol. The number of hydrogen-bond donors (Lipinski definition) is 0. The summed E-state index contributed by atoms with van der Waals surface area (Å²) in [6.07, 6.45) is 5.44. The first-order valence-corrected chi connectivity index (χ1v) is 6.26. The van der Waals surface area contributed by atoms with Crippen molar-refractivity contribution in [2.75, 3.05) is 0 Å². The summed E-state index contributed by atoms with van der Waals surface area (Å²) in [6.45, 7) is 0. The minimum atomic E-state index is -0.401. The van der Waals surface area contributed by atoms with Crippen molar-refractivity contribution in [1.29, 1.82) is 0 Å². The van der Waals surface area contributed by atoms with Gasteiger partial charge in [0.15, 0.2) is 0 Å². The van der Waals surface area contributed by atoms with Gasteiger partial charge in [-0.1, -0.05) is 0 Å². The molecule has 77 valence electrons. The summed E-state index contributed by atoms with van der Waals surface area (Å²) in [5, 5.41) is 1.44. The van der Waals surface area contributed by atoms with Crippen LogP contribution in [-0.2, 0) is 20.4 Å². The number of rotatable bonds is 2. The molecule has 0 atom stereocenters. The first-order chi connectivity index (χ1) is 4.70. The fourth-order valence-corrected chi connectivity index (χ4v) is 3.72. The molecule has 0 radical (unpaired) electrons. The first-order valence-electron chi connectivity index (χ1n) is 3.08. The third-order valence-electron chi connectivity index (χ3n) is 1.40. The van der Waals surface area contributed by atoms with E-state index in [4.69, 9.17) is 23.2 Å². The van der Waals surface area contributed by atoms with Gasteiger partial charge in [-0.05, 0) is 0 Å². The van der Waals surface area contributed by atoms with Crippen LogP contribution >= 0.6 is 60.4 Å². The van der Waals surface area contributed by atoms with Crippen LogP contribution in [0.5, 0.6) is 0 Å². The van der Waals surface area contributed by atoms with E-state index < -0.39 is 9.52 Å². The van der Waals surface area contributed by atoms with Gasteiger partial charge in [-0.15, -0.1) is 37.2 Å². The zero-order valence-electron chi connectivity index (χ0n) is 6.63.